The van der Waals surface area contributed by atoms with E-state index in [4.69, 9.17) is 0 Å². The number of fused-ring (bicyclic) bond motifs is 1. The zero-order valence-electron chi connectivity index (χ0n) is 14.6. The van der Waals surface area contributed by atoms with Crippen molar-refractivity contribution >= 4 is 29.0 Å². The van der Waals surface area contributed by atoms with E-state index in [9.17, 15) is 14.4 Å². The number of aryl methyl sites for hydroxylation is 1. The molecular formula is C19H17N5O3. The number of carbonyl (C=O) groups is 2. The largest absolute Gasteiger partial charge is 0.336 e. The Hall–Kier alpha value is -3.68. The summed E-state index contributed by atoms with van der Waals surface area (Å²) in [5, 5.41) is 5.43. The molecule has 2 aromatic heterocycles. The molecule has 27 heavy (non-hydrogen) atoms. The van der Waals surface area contributed by atoms with Gasteiger partial charge in [-0.25, -0.2) is 9.78 Å². The van der Waals surface area contributed by atoms with E-state index in [1.165, 1.54) is 10.6 Å². The maximum Gasteiger partial charge on any atom is 0.321 e. The van der Waals surface area contributed by atoms with E-state index in [0.717, 1.165) is 11.3 Å². The number of hydrogen-bond acceptors (Lipinski definition) is 4. The second-order valence-electron chi connectivity index (χ2n) is 6.30. The fraction of sp³-hybridized carbons (Fsp3) is 0.158. The molecule has 3 heterocycles. The molecule has 3 amide bonds. The molecule has 136 valence electrons. The molecule has 1 aliphatic rings. The first-order valence-corrected chi connectivity index (χ1v) is 8.48. The van der Waals surface area contributed by atoms with Crippen LogP contribution in [-0.4, -0.2) is 34.4 Å². The van der Waals surface area contributed by atoms with Crippen LogP contribution in [0.5, 0.6) is 0 Å². The number of anilines is 2. The van der Waals surface area contributed by atoms with Crippen LogP contribution >= 0.6 is 0 Å². The fourth-order valence-corrected chi connectivity index (χ4v) is 2.98. The van der Waals surface area contributed by atoms with Gasteiger partial charge in [-0.15, -0.1) is 0 Å². The summed E-state index contributed by atoms with van der Waals surface area (Å²) in [7, 11) is 0. The van der Waals surface area contributed by atoms with Gasteiger partial charge in [0.25, 0.3) is 11.5 Å². The molecule has 1 aromatic carbocycles. The average molecular weight is 363 g/mol. The number of carbonyl (C=O) groups excluding carboxylic acids is 2. The summed E-state index contributed by atoms with van der Waals surface area (Å²) in [4.78, 5) is 42.6. The Morgan fingerprint density at radius 1 is 1.15 bits per heavy atom. The Morgan fingerprint density at radius 2 is 1.93 bits per heavy atom. The highest BCUT2D eigenvalue weighted by Crippen LogP contribution is 2.19. The third-order valence-electron chi connectivity index (χ3n) is 4.39. The molecular weight excluding hydrogens is 346 g/mol. The Bertz CT molecular complexity index is 1100. The molecule has 2 N–H and O–H groups in total. The third-order valence-corrected chi connectivity index (χ3v) is 4.39. The Kier molecular flexibility index (Phi) is 4.08. The highest BCUT2D eigenvalue weighted by molar-refractivity contribution is 6.04. The number of nitrogens with zero attached hydrogens (tertiary/aromatic N) is 3. The first-order chi connectivity index (χ1) is 13.0. The lowest BCUT2D eigenvalue weighted by molar-refractivity contribution is 0.102. The van der Waals surface area contributed by atoms with Crippen LogP contribution in [0.2, 0.25) is 0 Å². The van der Waals surface area contributed by atoms with Crippen LogP contribution in [0.15, 0.2) is 53.6 Å². The van der Waals surface area contributed by atoms with Crippen molar-refractivity contribution in [1.82, 2.24) is 14.7 Å². The summed E-state index contributed by atoms with van der Waals surface area (Å²) in [5.74, 6) is -0.532. The molecule has 0 radical (unpaired) electrons. The van der Waals surface area contributed by atoms with Crippen LogP contribution in [0.25, 0.3) is 5.65 Å². The number of hydrogen-bond donors (Lipinski definition) is 2. The van der Waals surface area contributed by atoms with Crippen molar-refractivity contribution in [3.63, 3.8) is 0 Å². The minimum absolute atomic E-state index is 0.0407. The molecule has 4 rings (SSSR count). The van der Waals surface area contributed by atoms with Gasteiger partial charge in [0.2, 0.25) is 0 Å². The SMILES string of the molecule is Cc1ccc2ncc(C(=O)Nc3ccc(N4CCNC4=O)cc3)c(=O)n2c1. The Labute approximate surface area is 154 Å². The highest BCUT2D eigenvalue weighted by atomic mass is 16.2. The molecule has 0 saturated carbocycles. The van der Waals surface area contributed by atoms with Crippen LogP contribution in [0.4, 0.5) is 16.2 Å². The molecule has 8 nitrogen and oxygen atoms in total. The van der Waals surface area contributed by atoms with Crippen molar-refractivity contribution in [2.45, 2.75) is 6.92 Å². The van der Waals surface area contributed by atoms with E-state index in [1.54, 1.807) is 41.4 Å². The molecule has 0 unspecified atom stereocenters. The lowest BCUT2D eigenvalue weighted by atomic mass is 10.2. The van der Waals surface area contributed by atoms with Crippen molar-refractivity contribution in [2.75, 3.05) is 23.3 Å². The van der Waals surface area contributed by atoms with Crippen LogP contribution in [0.1, 0.15) is 15.9 Å². The molecule has 1 aliphatic heterocycles. The molecule has 0 atom stereocenters. The summed E-state index contributed by atoms with van der Waals surface area (Å²) in [6.07, 6.45) is 2.93. The lowest BCUT2D eigenvalue weighted by Gasteiger charge is -2.14. The van der Waals surface area contributed by atoms with Crippen LogP contribution < -0.4 is 21.1 Å². The van der Waals surface area contributed by atoms with E-state index < -0.39 is 11.5 Å². The van der Waals surface area contributed by atoms with Gasteiger partial charge in [0.1, 0.15) is 11.2 Å². The highest BCUT2D eigenvalue weighted by Gasteiger charge is 2.21. The number of urea groups is 1. The molecule has 1 fully saturated rings. The molecule has 3 aromatic rings. The summed E-state index contributed by atoms with van der Waals surface area (Å²) < 4.78 is 1.36. The quantitative estimate of drug-likeness (QED) is 0.741. The summed E-state index contributed by atoms with van der Waals surface area (Å²) >= 11 is 0. The van der Waals surface area contributed by atoms with Gasteiger partial charge in [0.05, 0.1) is 0 Å². The van der Waals surface area contributed by atoms with Gasteiger partial charge in [-0.05, 0) is 42.8 Å². The van der Waals surface area contributed by atoms with Gasteiger partial charge >= 0.3 is 6.03 Å². The zero-order chi connectivity index (χ0) is 19.0. The van der Waals surface area contributed by atoms with E-state index in [2.05, 4.69) is 15.6 Å². The molecule has 0 bridgehead atoms. The normalized spacial score (nSPS) is 13.7. The maximum absolute atomic E-state index is 12.6. The van der Waals surface area contributed by atoms with E-state index >= 15 is 0 Å². The van der Waals surface area contributed by atoms with Gasteiger partial charge in [0.15, 0.2) is 0 Å². The number of pyridine rings is 1. The monoisotopic (exact) mass is 363 g/mol. The minimum atomic E-state index is -0.532. The predicted molar refractivity (Wildman–Crippen MR) is 101 cm³/mol. The summed E-state index contributed by atoms with van der Waals surface area (Å²) in [6.45, 7) is 3.07. The zero-order valence-corrected chi connectivity index (χ0v) is 14.6. The van der Waals surface area contributed by atoms with Crippen LogP contribution in [0.3, 0.4) is 0 Å². The molecule has 1 saturated heterocycles. The van der Waals surface area contributed by atoms with Gasteiger partial charge in [-0.2, -0.15) is 0 Å². The van der Waals surface area contributed by atoms with Crippen LogP contribution in [-0.2, 0) is 0 Å². The van der Waals surface area contributed by atoms with Crippen LogP contribution in [0, 0.1) is 6.92 Å². The summed E-state index contributed by atoms with van der Waals surface area (Å²) in [6, 6.07) is 10.3. The maximum atomic E-state index is 12.6. The fourth-order valence-electron chi connectivity index (χ4n) is 2.98. The Morgan fingerprint density at radius 3 is 2.63 bits per heavy atom. The molecule has 0 spiro atoms. The smallest absolute Gasteiger partial charge is 0.321 e. The van der Waals surface area contributed by atoms with Crippen molar-refractivity contribution in [2.24, 2.45) is 0 Å². The van der Waals surface area contributed by atoms with E-state index in [0.29, 0.717) is 24.4 Å². The molecule has 8 heteroatoms. The number of nitrogens with one attached hydrogen (secondary N) is 2. The van der Waals surface area contributed by atoms with Crippen molar-refractivity contribution < 1.29 is 9.59 Å². The number of aromatic nitrogens is 2. The predicted octanol–water partition coefficient (Wildman–Crippen LogP) is 1.78. The average Bonchev–Trinajstić information content (AvgIpc) is 3.09. The van der Waals surface area contributed by atoms with Crippen molar-refractivity contribution in [3.8, 4) is 0 Å². The van der Waals surface area contributed by atoms with Crippen molar-refractivity contribution in [3.05, 3.63) is 70.3 Å². The van der Waals surface area contributed by atoms with E-state index in [-0.39, 0.29) is 11.6 Å². The van der Waals surface area contributed by atoms with Gasteiger partial charge in [-0.1, -0.05) is 6.07 Å². The second kappa shape index (κ2) is 6.56. The first kappa shape index (κ1) is 16.8. The third kappa shape index (κ3) is 3.12. The summed E-state index contributed by atoms with van der Waals surface area (Å²) in [5.41, 5.74) is 2.18. The van der Waals surface area contributed by atoms with E-state index in [1.807, 2.05) is 13.0 Å². The van der Waals surface area contributed by atoms with Crippen molar-refractivity contribution in [1.29, 1.82) is 0 Å². The van der Waals surface area contributed by atoms with Gasteiger partial charge < -0.3 is 10.6 Å². The topological polar surface area (TPSA) is 95.8 Å². The number of amides is 3. The lowest BCUT2D eigenvalue weighted by Crippen LogP contribution is -2.28. The van der Waals surface area contributed by atoms with Gasteiger partial charge in [-0.3, -0.25) is 18.9 Å². The minimum Gasteiger partial charge on any atom is -0.336 e. The second-order valence-corrected chi connectivity index (χ2v) is 6.30. The molecule has 0 aliphatic carbocycles. The number of rotatable bonds is 3. The Balaban J connectivity index is 1.57. The first-order valence-electron chi connectivity index (χ1n) is 8.48. The number of benzene rings is 1. The van der Waals surface area contributed by atoms with Gasteiger partial charge in [0, 0.05) is 36.9 Å². The standard InChI is InChI=1S/C19H17N5O3/c1-12-2-7-16-21-10-15(18(26)24(16)11-12)17(25)22-13-3-5-14(6-4-13)23-9-8-20-19(23)27/h2-7,10-11H,8-9H2,1H3,(H,20,27)(H,22,25).